The summed E-state index contributed by atoms with van der Waals surface area (Å²) in [7, 11) is 0. The molecule has 0 rings (SSSR count). The van der Waals surface area contributed by atoms with Gasteiger partial charge in [-0.05, 0) is 6.42 Å². The molecular weight excluding hydrogens is 182 g/mol. The lowest BCUT2D eigenvalue weighted by atomic mass is 10.1. The standard InChI is InChI=1S/C8H21N5O/c1-2-3-4-5-6-7-8(14)10-12-13-11-9/h11-13H,2-7,9H2,1H3,(H,10,14). The maximum Gasteiger partial charge on any atom is 0.235 e. The number of hydrogen-bond acceptors (Lipinski definition) is 5. The Morgan fingerprint density at radius 3 is 2.50 bits per heavy atom. The second kappa shape index (κ2) is 10.4. The van der Waals surface area contributed by atoms with Crippen LogP contribution in [0.3, 0.4) is 0 Å². The normalized spacial score (nSPS) is 10.1. The summed E-state index contributed by atoms with van der Waals surface area (Å²) in [6.45, 7) is 2.17. The van der Waals surface area contributed by atoms with Crippen LogP contribution in [0.15, 0.2) is 0 Å². The van der Waals surface area contributed by atoms with Crippen molar-refractivity contribution in [2.24, 2.45) is 5.84 Å². The molecule has 0 atom stereocenters. The average molecular weight is 203 g/mol. The van der Waals surface area contributed by atoms with Crippen molar-refractivity contribution >= 4 is 5.91 Å². The molecule has 0 saturated heterocycles. The molecule has 0 radical (unpaired) electrons. The SMILES string of the molecule is CCCCCCCC(=O)NNNNN. The van der Waals surface area contributed by atoms with Gasteiger partial charge in [-0.2, -0.15) is 16.6 Å². The fraction of sp³-hybridized carbons (Fsp3) is 0.875. The monoisotopic (exact) mass is 203 g/mol. The minimum absolute atomic E-state index is 0.0377. The van der Waals surface area contributed by atoms with Crippen molar-refractivity contribution in [1.82, 2.24) is 22.0 Å². The maximum atomic E-state index is 11.1. The number of unbranched alkanes of at least 4 members (excludes halogenated alkanes) is 4. The van der Waals surface area contributed by atoms with Gasteiger partial charge in [0.05, 0.1) is 0 Å². The third kappa shape index (κ3) is 9.40. The van der Waals surface area contributed by atoms with E-state index in [9.17, 15) is 4.79 Å². The molecule has 0 aromatic heterocycles. The van der Waals surface area contributed by atoms with Crippen molar-refractivity contribution in [1.29, 1.82) is 0 Å². The van der Waals surface area contributed by atoms with Crippen LogP contribution >= 0.6 is 0 Å². The van der Waals surface area contributed by atoms with E-state index in [2.05, 4.69) is 29.0 Å². The van der Waals surface area contributed by atoms with Gasteiger partial charge in [-0.1, -0.05) is 32.6 Å². The Morgan fingerprint density at radius 1 is 1.14 bits per heavy atom. The average Bonchev–Trinajstić information content (AvgIpc) is 2.18. The number of hydrogen-bond donors (Lipinski definition) is 5. The van der Waals surface area contributed by atoms with Gasteiger partial charge in [0, 0.05) is 6.42 Å². The van der Waals surface area contributed by atoms with E-state index in [-0.39, 0.29) is 5.91 Å². The third-order valence-electron chi connectivity index (χ3n) is 1.84. The molecule has 0 saturated carbocycles. The van der Waals surface area contributed by atoms with Crippen LogP contribution < -0.4 is 27.9 Å². The Labute approximate surface area is 84.9 Å². The molecule has 6 nitrogen and oxygen atoms in total. The summed E-state index contributed by atoms with van der Waals surface area (Å²) >= 11 is 0. The van der Waals surface area contributed by atoms with Crippen LogP contribution in [0.5, 0.6) is 0 Å². The second-order valence-corrected chi connectivity index (χ2v) is 3.11. The van der Waals surface area contributed by atoms with E-state index in [0.29, 0.717) is 6.42 Å². The number of nitrogens with one attached hydrogen (secondary N) is 4. The fourth-order valence-electron chi connectivity index (χ4n) is 1.09. The zero-order chi connectivity index (χ0) is 10.6. The summed E-state index contributed by atoms with van der Waals surface area (Å²) in [5.41, 5.74) is 9.30. The van der Waals surface area contributed by atoms with E-state index in [1.54, 1.807) is 0 Å². The lowest BCUT2D eigenvalue weighted by Crippen LogP contribution is -2.54. The molecule has 0 spiro atoms. The van der Waals surface area contributed by atoms with Gasteiger partial charge in [0.1, 0.15) is 0 Å². The minimum Gasteiger partial charge on any atom is -0.277 e. The van der Waals surface area contributed by atoms with Crippen LogP contribution in [-0.4, -0.2) is 5.91 Å². The van der Waals surface area contributed by atoms with Gasteiger partial charge >= 0.3 is 0 Å². The van der Waals surface area contributed by atoms with Gasteiger partial charge in [-0.3, -0.25) is 16.1 Å². The molecule has 6 N–H and O–H groups in total. The van der Waals surface area contributed by atoms with Crippen molar-refractivity contribution in [3.05, 3.63) is 0 Å². The zero-order valence-corrected chi connectivity index (χ0v) is 8.73. The molecule has 0 aromatic rings. The lowest BCUT2D eigenvalue weighted by Gasteiger charge is -2.06. The zero-order valence-electron chi connectivity index (χ0n) is 8.73. The Bertz CT molecular complexity index is 142. The Kier molecular flexibility index (Phi) is 9.88. The van der Waals surface area contributed by atoms with Crippen molar-refractivity contribution in [2.75, 3.05) is 0 Å². The van der Waals surface area contributed by atoms with E-state index < -0.39 is 0 Å². The van der Waals surface area contributed by atoms with Crippen LogP contribution in [0.1, 0.15) is 45.4 Å². The molecular formula is C8H21N5O. The first-order valence-corrected chi connectivity index (χ1v) is 5.05. The Morgan fingerprint density at radius 2 is 1.86 bits per heavy atom. The highest BCUT2D eigenvalue weighted by atomic mass is 16.2. The molecule has 0 fully saturated rings. The molecule has 0 heterocycles. The van der Waals surface area contributed by atoms with Crippen molar-refractivity contribution < 1.29 is 4.79 Å². The van der Waals surface area contributed by atoms with Gasteiger partial charge in [0.25, 0.3) is 0 Å². The largest absolute Gasteiger partial charge is 0.277 e. The number of hydrazine groups is 4. The highest BCUT2D eigenvalue weighted by Gasteiger charge is 1.98. The number of carbonyl (C=O) groups is 1. The van der Waals surface area contributed by atoms with E-state index in [1.807, 2.05) is 0 Å². The number of nitrogens with two attached hydrogens (primary N) is 1. The lowest BCUT2D eigenvalue weighted by molar-refractivity contribution is -0.122. The smallest absolute Gasteiger partial charge is 0.235 e. The number of carbonyl (C=O) groups excluding carboxylic acids is 1. The van der Waals surface area contributed by atoms with Crippen LogP contribution in [0.25, 0.3) is 0 Å². The molecule has 1 amide bonds. The first-order chi connectivity index (χ1) is 6.81. The summed E-state index contributed by atoms with van der Waals surface area (Å²) in [6, 6.07) is 0. The number of rotatable bonds is 9. The topological polar surface area (TPSA) is 91.2 Å². The van der Waals surface area contributed by atoms with Crippen molar-refractivity contribution in [2.45, 2.75) is 45.4 Å². The molecule has 0 aliphatic heterocycles. The van der Waals surface area contributed by atoms with Gasteiger partial charge in [-0.25, -0.2) is 0 Å². The van der Waals surface area contributed by atoms with Crippen molar-refractivity contribution in [3.8, 4) is 0 Å². The fourth-order valence-corrected chi connectivity index (χ4v) is 1.09. The first kappa shape index (κ1) is 13.3. The third-order valence-corrected chi connectivity index (χ3v) is 1.84. The quantitative estimate of drug-likeness (QED) is 0.204. The summed E-state index contributed by atoms with van der Waals surface area (Å²) in [5, 5.41) is 0. The van der Waals surface area contributed by atoms with Crippen LogP contribution in [0.4, 0.5) is 0 Å². The molecule has 0 aromatic carbocycles. The summed E-state index contributed by atoms with van der Waals surface area (Å²) in [5.74, 6) is 4.86. The van der Waals surface area contributed by atoms with Crippen LogP contribution in [0.2, 0.25) is 0 Å². The van der Waals surface area contributed by atoms with Gasteiger partial charge in [0.2, 0.25) is 5.91 Å². The van der Waals surface area contributed by atoms with Gasteiger partial charge in [0.15, 0.2) is 0 Å². The van der Waals surface area contributed by atoms with E-state index in [4.69, 9.17) is 5.84 Å². The minimum atomic E-state index is -0.0377. The van der Waals surface area contributed by atoms with Crippen molar-refractivity contribution in [3.63, 3.8) is 0 Å². The molecule has 0 aliphatic rings. The van der Waals surface area contributed by atoms with Crippen LogP contribution in [0, 0.1) is 0 Å². The highest BCUT2D eigenvalue weighted by Crippen LogP contribution is 2.04. The molecule has 0 unspecified atom stereocenters. The summed E-state index contributed by atoms with van der Waals surface area (Å²) < 4.78 is 0. The van der Waals surface area contributed by atoms with Crippen LogP contribution in [-0.2, 0) is 4.79 Å². The molecule has 84 valence electrons. The second-order valence-electron chi connectivity index (χ2n) is 3.11. The molecule has 0 bridgehead atoms. The predicted octanol–water partition coefficient (Wildman–Crippen LogP) is -0.149. The Hall–Kier alpha value is -0.690. The first-order valence-electron chi connectivity index (χ1n) is 5.05. The van der Waals surface area contributed by atoms with E-state index in [0.717, 1.165) is 12.8 Å². The van der Waals surface area contributed by atoms with Gasteiger partial charge < -0.3 is 0 Å². The maximum absolute atomic E-state index is 11.1. The summed E-state index contributed by atoms with van der Waals surface area (Å²) in [6.07, 6.45) is 6.27. The van der Waals surface area contributed by atoms with E-state index in [1.165, 1.54) is 19.3 Å². The molecule has 6 heteroatoms. The van der Waals surface area contributed by atoms with Gasteiger partial charge in [-0.15, -0.1) is 0 Å². The van der Waals surface area contributed by atoms with E-state index >= 15 is 0 Å². The Balaban J connectivity index is 3.10. The summed E-state index contributed by atoms with van der Waals surface area (Å²) in [4.78, 5) is 11.1. The number of amides is 1. The predicted molar refractivity (Wildman–Crippen MR) is 55.1 cm³/mol. The highest BCUT2D eigenvalue weighted by molar-refractivity contribution is 5.75. The molecule has 0 aliphatic carbocycles. The molecule has 14 heavy (non-hydrogen) atoms.